The van der Waals surface area contributed by atoms with Gasteiger partial charge >= 0.3 is 0 Å². The molecule has 2 bridgehead atoms. The third kappa shape index (κ3) is 2.48. The summed E-state index contributed by atoms with van der Waals surface area (Å²) in [6.45, 7) is 4.67. The number of aromatic nitrogens is 2. The number of para-hydroxylation sites is 1. The molecule has 4 saturated heterocycles. The van der Waals surface area contributed by atoms with E-state index in [-0.39, 0.29) is 17.9 Å². The molecular weight excluding hydrogens is 344 g/mol. The molecule has 2 aromatic rings. The monoisotopic (exact) mass is 368 g/mol. The molecule has 0 aliphatic carbocycles. The van der Waals surface area contributed by atoms with Gasteiger partial charge < -0.3 is 9.64 Å². The molecule has 4 fully saturated rings. The number of amides is 1. The Bertz CT molecular complexity index is 858. The Kier molecular flexibility index (Phi) is 3.93. The quantitative estimate of drug-likeness (QED) is 0.826. The zero-order valence-electron chi connectivity index (χ0n) is 15.7. The van der Waals surface area contributed by atoms with E-state index in [2.05, 4.69) is 27.3 Å². The fourth-order valence-electron chi connectivity index (χ4n) is 5.46. The molecule has 1 aromatic heterocycles. The lowest BCUT2D eigenvalue weighted by Gasteiger charge is -2.51. The molecule has 1 aromatic carbocycles. The molecule has 1 amide bonds. The maximum absolute atomic E-state index is 13.3. The second kappa shape index (κ2) is 6.34. The molecule has 7 nitrogen and oxygen atoms in total. The Morgan fingerprint density at radius 2 is 1.96 bits per heavy atom. The van der Waals surface area contributed by atoms with Gasteiger partial charge in [0.05, 0.1) is 13.2 Å². The van der Waals surface area contributed by atoms with Gasteiger partial charge in [-0.2, -0.15) is 0 Å². The summed E-state index contributed by atoms with van der Waals surface area (Å²) >= 11 is 0. The van der Waals surface area contributed by atoms with E-state index in [0.717, 1.165) is 31.7 Å². The number of aryl methyl sites for hydroxylation is 1. The van der Waals surface area contributed by atoms with Crippen LogP contribution in [0.15, 0.2) is 28.9 Å². The van der Waals surface area contributed by atoms with E-state index in [1.807, 2.05) is 17.0 Å². The molecule has 4 aliphatic rings. The van der Waals surface area contributed by atoms with Crippen LogP contribution in [0.4, 0.5) is 0 Å². The highest BCUT2D eigenvalue weighted by molar-refractivity contribution is 5.93. The lowest BCUT2D eigenvalue weighted by molar-refractivity contribution is -0.00381. The Balaban J connectivity index is 1.56. The van der Waals surface area contributed by atoms with Gasteiger partial charge in [-0.15, -0.1) is 0 Å². The summed E-state index contributed by atoms with van der Waals surface area (Å²) in [6, 6.07) is 8.75. The minimum atomic E-state index is -0.0603. The molecule has 6 rings (SSSR count). The van der Waals surface area contributed by atoms with Crippen LogP contribution in [0.25, 0.3) is 0 Å². The number of fused-ring (bicyclic) bond motifs is 2. The van der Waals surface area contributed by atoms with Crippen molar-refractivity contribution >= 4 is 5.91 Å². The van der Waals surface area contributed by atoms with Gasteiger partial charge in [-0.25, -0.2) is 4.63 Å². The Labute approximate surface area is 158 Å². The summed E-state index contributed by atoms with van der Waals surface area (Å²) in [5, 5.41) is 7.68. The minimum Gasteiger partial charge on any atom is -0.496 e. The summed E-state index contributed by atoms with van der Waals surface area (Å²) in [7, 11) is 1.71. The van der Waals surface area contributed by atoms with Gasteiger partial charge in [-0.3, -0.25) is 9.69 Å². The fraction of sp³-hybridized carbons (Fsp3) is 0.550. The number of ether oxygens (including phenoxy) is 1. The lowest BCUT2D eigenvalue weighted by atomic mass is 9.75. The number of piperidine rings is 3. The number of rotatable bonds is 3. The van der Waals surface area contributed by atoms with Crippen molar-refractivity contribution in [3.63, 3.8) is 0 Å². The van der Waals surface area contributed by atoms with Crippen molar-refractivity contribution in [2.45, 2.75) is 37.8 Å². The third-order valence-corrected chi connectivity index (χ3v) is 6.65. The van der Waals surface area contributed by atoms with E-state index >= 15 is 0 Å². The van der Waals surface area contributed by atoms with Crippen molar-refractivity contribution < 1.29 is 14.2 Å². The second-order valence-electron chi connectivity index (χ2n) is 7.86. The largest absolute Gasteiger partial charge is 0.496 e. The number of hydrogen-bond donors (Lipinski definition) is 0. The average Bonchev–Trinajstić information content (AvgIpc) is 3.33. The van der Waals surface area contributed by atoms with E-state index in [0.29, 0.717) is 29.9 Å². The van der Waals surface area contributed by atoms with Crippen LogP contribution in [0.1, 0.15) is 40.5 Å². The van der Waals surface area contributed by atoms with Gasteiger partial charge in [0.2, 0.25) is 0 Å². The van der Waals surface area contributed by atoms with Crippen molar-refractivity contribution in [3.8, 4) is 5.75 Å². The molecule has 4 aliphatic heterocycles. The summed E-state index contributed by atoms with van der Waals surface area (Å²) in [4.78, 5) is 17.9. The highest BCUT2D eigenvalue weighted by Gasteiger charge is 2.55. The van der Waals surface area contributed by atoms with E-state index in [4.69, 9.17) is 9.37 Å². The van der Waals surface area contributed by atoms with Crippen LogP contribution in [0.3, 0.4) is 0 Å². The number of likely N-dealkylation sites (tertiary alicyclic amines) is 1. The van der Waals surface area contributed by atoms with Crippen LogP contribution >= 0.6 is 0 Å². The van der Waals surface area contributed by atoms with Crippen molar-refractivity contribution in [2.75, 3.05) is 26.7 Å². The predicted molar refractivity (Wildman–Crippen MR) is 97.7 cm³/mol. The van der Waals surface area contributed by atoms with Crippen LogP contribution < -0.4 is 4.74 Å². The Hall–Kier alpha value is -2.41. The molecule has 0 spiro atoms. The van der Waals surface area contributed by atoms with Crippen LogP contribution in [0.5, 0.6) is 5.75 Å². The number of benzene rings is 1. The molecule has 0 saturated carbocycles. The van der Waals surface area contributed by atoms with Gasteiger partial charge in [0.25, 0.3) is 5.91 Å². The molecule has 3 atom stereocenters. The number of nitrogens with zero attached hydrogens (tertiary/aromatic N) is 4. The second-order valence-corrected chi connectivity index (χ2v) is 7.86. The standard InChI is InChI=1S/C20H24N4O3/c1-12-17(22-27-21-12)20(25)24-11-15(14-5-3-4-6-16(14)26-2)19-18(24)13-7-9-23(19)10-8-13/h3-6,13,15,18-19H,7-11H2,1-2H3/t15-,18+,19+/m0/s1. The highest BCUT2D eigenvalue weighted by Crippen LogP contribution is 2.48. The number of carbonyl (C=O) groups is 1. The molecule has 7 heteroatoms. The van der Waals surface area contributed by atoms with Gasteiger partial charge in [0, 0.05) is 24.1 Å². The van der Waals surface area contributed by atoms with Crippen LogP contribution in [0, 0.1) is 12.8 Å². The maximum Gasteiger partial charge on any atom is 0.278 e. The fourth-order valence-corrected chi connectivity index (χ4v) is 5.46. The highest BCUT2D eigenvalue weighted by atomic mass is 16.6. The number of hydrogen-bond acceptors (Lipinski definition) is 6. The van der Waals surface area contributed by atoms with Gasteiger partial charge in [0.15, 0.2) is 5.69 Å². The van der Waals surface area contributed by atoms with Gasteiger partial charge in [0.1, 0.15) is 11.4 Å². The molecule has 27 heavy (non-hydrogen) atoms. The van der Waals surface area contributed by atoms with Gasteiger partial charge in [-0.05, 0) is 50.0 Å². The summed E-state index contributed by atoms with van der Waals surface area (Å²) < 4.78 is 10.4. The SMILES string of the molecule is COc1ccccc1[C@@H]1CN(C(=O)c2nonc2C)[C@@H]2C3CCN(CC3)[C@@H]21. The Morgan fingerprint density at radius 1 is 1.19 bits per heavy atom. The van der Waals surface area contributed by atoms with Crippen molar-refractivity contribution in [2.24, 2.45) is 5.92 Å². The molecular formula is C20H24N4O3. The minimum absolute atomic E-state index is 0.0603. The normalized spacial score (nSPS) is 31.8. The molecule has 0 unspecified atom stereocenters. The number of carbonyl (C=O) groups excluding carboxylic acids is 1. The topological polar surface area (TPSA) is 71.7 Å². The molecule has 142 valence electrons. The summed E-state index contributed by atoms with van der Waals surface area (Å²) in [5.41, 5.74) is 2.08. The molecule has 0 N–H and O–H groups in total. The van der Waals surface area contributed by atoms with Crippen molar-refractivity contribution in [1.82, 2.24) is 20.1 Å². The van der Waals surface area contributed by atoms with Crippen molar-refractivity contribution in [3.05, 3.63) is 41.2 Å². The first-order chi connectivity index (χ1) is 13.2. The summed E-state index contributed by atoms with van der Waals surface area (Å²) in [5.74, 6) is 1.62. The van der Waals surface area contributed by atoms with Crippen LogP contribution in [-0.2, 0) is 0 Å². The molecule has 5 heterocycles. The van der Waals surface area contributed by atoms with Crippen LogP contribution in [-0.4, -0.2) is 64.8 Å². The summed E-state index contributed by atoms with van der Waals surface area (Å²) in [6.07, 6.45) is 2.30. The first-order valence-corrected chi connectivity index (χ1v) is 9.66. The molecule has 0 radical (unpaired) electrons. The van der Waals surface area contributed by atoms with E-state index in [9.17, 15) is 4.79 Å². The van der Waals surface area contributed by atoms with Gasteiger partial charge in [-0.1, -0.05) is 23.4 Å². The third-order valence-electron chi connectivity index (χ3n) is 6.65. The van der Waals surface area contributed by atoms with E-state index < -0.39 is 0 Å². The number of methoxy groups -OCH3 is 1. The zero-order chi connectivity index (χ0) is 18.5. The van der Waals surface area contributed by atoms with E-state index in [1.165, 1.54) is 5.56 Å². The first-order valence-electron chi connectivity index (χ1n) is 9.66. The smallest absolute Gasteiger partial charge is 0.278 e. The maximum atomic E-state index is 13.3. The van der Waals surface area contributed by atoms with Crippen molar-refractivity contribution in [1.29, 1.82) is 0 Å². The predicted octanol–water partition coefficient (Wildman–Crippen LogP) is 2.09. The Morgan fingerprint density at radius 3 is 2.67 bits per heavy atom. The first kappa shape index (κ1) is 16.7. The zero-order valence-corrected chi connectivity index (χ0v) is 15.7. The average molecular weight is 368 g/mol. The van der Waals surface area contributed by atoms with E-state index in [1.54, 1.807) is 14.0 Å². The lowest BCUT2D eigenvalue weighted by Crippen LogP contribution is -2.60. The van der Waals surface area contributed by atoms with Crippen LogP contribution in [0.2, 0.25) is 0 Å².